The van der Waals surface area contributed by atoms with Gasteiger partial charge < -0.3 is 8.85 Å². The van der Waals surface area contributed by atoms with E-state index in [1.165, 1.54) is 36.5 Å². The quantitative estimate of drug-likeness (QED) is 0.498. The van der Waals surface area contributed by atoms with Gasteiger partial charge >= 0.3 is 0 Å². The first-order chi connectivity index (χ1) is 13.0. The smallest absolute Gasteiger partial charge is 0.242 e. The number of fused-ring (bicyclic) bond motifs is 5. The molecule has 2 aliphatic rings. The third-order valence-electron chi connectivity index (χ3n) is 6.60. The van der Waals surface area contributed by atoms with Crippen LogP contribution in [0.15, 0.2) is 30.3 Å². The van der Waals surface area contributed by atoms with Crippen LogP contribution >= 0.6 is 0 Å². The van der Waals surface area contributed by atoms with Crippen molar-refractivity contribution in [2.75, 3.05) is 0 Å². The molecule has 0 heterocycles. The van der Waals surface area contributed by atoms with Crippen LogP contribution in [-0.2, 0) is 10.8 Å². The average Bonchev–Trinajstić information content (AvgIpc) is 2.88. The summed E-state index contributed by atoms with van der Waals surface area (Å²) in [6, 6.07) is 11.5. The molecule has 0 aromatic heterocycles. The van der Waals surface area contributed by atoms with E-state index in [0.717, 1.165) is 5.75 Å². The minimum Gasteiger partial charge on any atom is -0.544 e. The summed E-state index contributed by atoms with van der Waals surface area (Å²) < 4.78 is 12.9. The van der Waals surface area contributed by atoms with Crippen molar-refractivity contribution in [2.24, 2.45) is 5.41 Å². The van der Waals surface area contributed by atoms with E-state index in [1.54, 1.807) is 11.1 Å². The second-order valence-electron chi connectivity index (χ2n) is 11.1. The Hall–Kier alpha value is -1.11. The molecule has 1 saturated carbocycles. The second-order valence-corrected chi connectivity index (χ2v) is 20.0. The number of rotatable bonds is 4. The van der Waals surface area contributed by atoms with Crippen LogP contribution in [0.2, 0.25) is 39.3 Å². The highest BCUT2D eigenvalue weighted by Crippen LogP contribution is 2.57. The Morgan fingerprint density at radius 3 is 2.36 bits per heavy atom. The molecule has 1 fully saturated rings. The van der Waals surface area contributed by atoms with Crippen molar-refractivity contribution in [3.05, 3.63) is 41.5 Å². The van der Waals surface area contributed by atoms with Gasteiger partial charge in [-0.3, -0.25) is 0 Å². The SMILES string of the molecule is C[C@]12CCc3c(ccc4cc(O[Si](C)(C)C)ccc34)[C@@H]1CC[C@@H]2O[Si](C)(C)C. The first-order valence-corrected chi connectivity index (χ1v) is 17.7. The molecule has 28 heavy (non-hydrogen) atoms. The van der Waals surface area contributed by atoms with Crippen molar-refractivity contribution >= 4 is 27.4 Å². The highest BCUT2D eigenvalue weighted by molar-refractivity contribution is 6.70. The lowest BCUT2D eigenvalue weighted by Crippen LogP contribution is -2.42. The lowest BCUT2D eigenvalue weighted by atomic mass is 9.65. The molecule has 2 aliphatic carbocycles. The fourth-order valence-corrected chi connectivity index (χ4v) is 7.55. The van der Waals surface area contributed by atoms with Crippen LogP contribution in [-0.4, -0.2) is 22.7 Å². The van der Waals surface area contributed by atoms with Crippen LogP contribution in [0.3, 0.4) is 0 Å². The zero-order chi connectivity index (χ0) is 20.3. The van der Waals surface area contributed by atoms with Crippen molar-refractivity contribution in [3.8, 4) is 5.75 Å². The normalized spacial score (nSPS) is 27.5. The molecule has 0 unspecified atom stereocenters. The fourth-order valence-electron chi connectivity index (χ4n) is 5.47. The fraction of sp³-hybridized carbons (Fsp3) is 0.583. The predicted molar refractivity (Wildman–Crippen MR) is 125 cm³/mol. The van der Waals surface area contributed by atoms with Gasteiger partial charge in [0.1, 0.15) is 5.75 Å². The molecule has 2 aromatic rings. The predicted octanol–water partition coefficient (Wildman–Crippen LogP) is 7.10. The molecule has 2 nitrogen and oxygen atoms in total. The lowest BCUT2D eigenvalue weighted by molar-refractivity contribution is 0.0604. The summed E-state index contributed by atoms with van der Waals surface area (Å²) in [7, 11) is -3.10. The minimum absolute atomic E-state index is 0.293. The van der Waals surface area contributed by atoms with E-state index in [2.05, 4.69) is 76.5 Å². The highest BCUT2D eigenvalue weighted by atomic mass is 28.4. The van der Waals surface area contributed by atoms with Gasteiger partial charge in [0.2, 0.25) is 8.32 Å². The van der Waals surface area contributed by atoms with E-state index in [0.29, 0.717) is 17.4 Å². The van der Waals surface area contributed by atoms with Crippen LogP contribution < -0.4 is 4.43 Å². The van der Waals surface area contributed by atoms with Crippen LogP contribution in [0, 0.1) is 5.41 Å². The third kappa shape index (κ3) is 3.71. The number of benzene rings is 2. The van der Waals surface area contributed by atoms with E-state index in [-0.39, 0.29) is 0 Å². The van der Waals surface area contributed by atoms with Crippen LogP contribution in [0.5, 0.6) is 5.75 Å². The van der Waals surface area contributed by atoms with Gasteiger partial charge in [-0.1, -0.05) is 25.1 Å². The van der Waals surface area contributed by atoms with Crippen LogP contribution in [0.4, 0.5) is 0 Å². The Bertz CT molecular complexity index is 894. The first-order valence-electron chi connectivity index (χ1n) is 10.9. The third-order valence-corrected chi connectivity index (χ3v) is 8.44. The molecule has 0 saturated heterocycles. The lowest BCUT2D eigenvalue weighted by Gasteiger charge is -2.43. The molecule has 0 N–H and O–H groups in total. The van der Waals surface area contributed by atoms with Crippen molar-refractivity contribution in [1.82, 2.24) is 0 Å². The summed E-state index contributed by atoms with van der Waals surface area (Å²) in [5, 5.41) is 2.75. The summed E-state index contributed by atoms with van der Waals surface area (Å²) in [6.45, 7) is 16.2. The minimum atomic E-state index is -1.58. The molecule has 0 amide bonds. The Balaban J connectivity index is 1.69. The zero-order valence-corrected chi connectivity index (χ0v) is 20.7. The van der Waals surface area contributed by atoms with E-state index >= 15 is 0 Å². The average molecular weight is 413 g/mol. The van der Waals surface area contributed by atoms with Crippen molar-refractivity contribution in [2.45, 2.75) is 83.9 Å². The molecule has 2 aromatic carbocycles. The van der Waals surface area contributed by atoms with Crippen LogP contribution in [0.25, 0.3) is 10.8 Å². The molecule has 4 heteroatoms. The van der Waals surface area contributed by atoms with E-state index < -0.39 is 16.6 Å². The molecule has 0 spiro atoms. The van der Waals surface area contributed by atoms with E-state index in [9.17, 15) is 0 Å². The largest absolute Gasteiger partial charge is 0.544 e. The van der Waals surface area contributed by atoms with Gasteiger partial charge in [0.25, 0.3) is 0 Å². The van der Waals surface area contributed by atoms with E-state index in [1.807, 2.05) is 0 Å². The molecule has 0 bridgehead atoms. The molecule has 152 valence electrons. The maximum absolute atomic E-state index is 6.66. The topological polar surface area (TPSA) is 18.5 Å². The Morgan fingerprint density at radius 1 is 0.929 bits per heavy atom. The molecular formula is C24H36O2Si2. The maximum atomic E-state index is 6.66. The van der Waals surface area contributed by atoms with Gasteiger partial charge in [0.05, 0.1) is 6.10 Å². The van der Waals surface area contributed by atoms with Gasteiger partial charge in [-0.2, -0.15) is 0 Å². The molecule has 4 rings (SSSR count). The maximum Gasteiger partial charge on any atom is 0.242 e. The van der Waals surface area contributed by atoms with Crippen molar-refractivity contribution in [3.63, 3.8) is 0 Å². The number of hydrogen-bond donors (Lipinski definition) is 0. The summed E-state index contributed by atoms with van der Waals surface area (Å²) in [5.41, 5.74) is 3.46. The van der Waals surface area contributed by atoms with Crippen molar-refractivity contribution in [1.29, 1.82) is 0 Å². The van der Waals surface area contributed by atoms with Gasteiger partial charge in [0.15, 0.2) is 8.32 Å². The molecule has 0 aliphatic heterocycles. The summed E-state index contributed by atoms with van der Waals surface area (Å²) >= 11 is 0. The zero-order valence-electron chi connectivity index (χ0n) is 18.7. The first kappa shape index (κ1) is 20.2. The second kappa shape index (κ2) is 6.71. The standard InChI is InChI=1S/C24H36O2Si2/c1-24-15-14-20-19-11-9-18(25-27(2,3)4)16-17(19)8-10-21(20)22(24)12-13-23(24)26-28(5,6)7/h8-11,16,22-23H,12-15H2,1-7H3/t22-,23-,24-/m0/s1. The van der Waals surface area contributed by atoms with Gasteiger partial charge in [-0.15, -0.1) is 0 Å². The van der Waals surface area contributed by atoms with Gasteiger partial charge in [0, 0.05) is 0 Å². The highest BCUT2D eigenvalue weighted by Gasteiger charge is 2.51. The molecule has 3 atom stereocenters. The van der Waals surface area contributed by atoms with Gasteiger partial charge in [-0.05, 0) is 110 Å². The molecular weight excluding hydrogens is 376 g/mol. The summed E-state index contributed by atoms with van der Waals surface area (Å²) in [4.78, 5) is 0. The molecule has 0 radical (unpaired) electrons. The number of hydrogen-bond acceptors (Lipinski definition) is 2. The number of aryl methyl sites for hydroxylation is 1. The summed E-state index contributed by atoms with van der Waals surface area (Å²) in [6.07, 6.45) is 5.32. The Labute approximate surface area is 172 Å². The van der Waals surface area contributed by atoms with Crippen LogP contribution in [0.1, 0.15) is 43.2 Å². The Kier molecular flexibility index (Phi) is 4.84. The summed E-state index contributed by atoms with van der Waals surface area (Å²) in [5.74, 6) is 1.66. The van der Waals surface area contributed by atoms with Crippen molar-refractivity contribution < 1.29 is 8.85 Å². The van der Waals surface area contributed by atoms with E-state index in [4.69, 9.17) is 8.85 Å². The van der Waals surface area contributed by atoms with Gasteiger partial charge in [-0.25, -0.2) is 0 Å². The Morgan fingerprint density at radius 2 is 1.68 bits per heavy atom. The monoisotopic (exact) mass is 412 g/mol.